The van der Waals surface area contributed by atoms with Gasteiger partial charge in [0.1, 0.15) is 17.6 Å². The SMILES string of the molecule is COc1ccc(CCCN)c(OC2CCc3ccccc32)c1. The number of aryl methyl sites for hydroxylation is 2. The van der Waals surface area contributed by atoms with Crippen LogP contribution in [0.1, 0.15) is 35.6 Å². The van der Waals surface area contributed by atoms with Crippen LogP contribution < -0.4 is 15.2 Å². The molecular formula is C19H23NO2. The molecule has 3 heteroatoms. The summed E-state index contributed by atoms with van der Waals surface area (Å²) in [4.78, 5) is 0. The van der Waals surface area contributed by atoms with Crippen molar-refractivity contribution in [2.75, 3.05) is 13.7 Å². The Balaban J connectivity index is 1.84. The third-order valence-electron chi connectivity index (χ3n) is 4.27. The highest BCUT2D eigenvalue weighted by atomic mass is 16.5. The molecule has 0 aromatic heterocycles. The number of hydrogen-bond acceptors (Lipinski definition) is 3. The predicted octanol–water partition coefficient (Wildman–Crippen LogP) is 3.65. The van der Waals surface area contributed by atoms with Gasteiger partial charge in [-0.15, -0.1) is 0 Å². The van der Waals surface area contributed by atoms with Gasteiger partial charge < -0.3 is 15.2 Å². The van der Waals surface area contributed by atoms with Crippen molar-refractivity contribution in [1.82, 2.24) is 0 Å². The maximum Gasteiger partial charge on any atom is 0.127 e. The van der Waals surface area contributed by atoms with Crippen molar-refractivity contribution in [3.05, 3.63) is 59.2 Å². The molecule has 1 aliphatic carbocycles. The molecule has 1 unspecified atom stereocenters. The first kappa shape index (κ1) is 14.9. The summed E-state index contributed by atoms with van der Waals surface area (Å²) in [6, 6.07) is 14.6. The Morgan fingerprint density at radius 3 is 2.86 bits per heavy atom. The van der Waals surface area contributed by atoms with Gasteiger partial charge in [0.2, 0.25) is 0 Å². The van der Waals surface area contributed by atoms with Crippen LogP contribution in [0, 0.1) is 0 Å². The molecule has 0 saturated carbocycles. The Kier molecular flexibility index (Phi) is 4.64. The van der Waals surface area contributed by atoms with Crippen molar-refractivity contribution >= 4 is 0 Å². The molecule has 0 fully saturated rings. The van der Waals surface area contributed by atoms with Crippen LogP contribution in [0.5, 0.6) is 11.5 Å². The molecule has 2 aromatic rings. The van der Waals surface area contributed by atoms with Crippen molar-refractivity contribution in [2.24, 2.45) is 5.73 Å². The summed E-state index contributed by atoms with van der Waals surface area (Å²) >= 11 is 0. The molecule has 3 nitrogen and oxygen atoms in total. The minimum absolute atomic E-state index is 0.139. The maximum absolute atomic E-state index is 6.35. The number of ether oxygens (including phenoxy) is 2. The molecule has 116 valence electrons. The summed E-state index contributed by atoms with van der Waals surface area (Å²) in [7, 11) is 1.68. The van der Waals surface area contributed by atoms with Crippen molar-refractivity contribution < 1.29 is 9.47 Å². The van der Waals surface area contributed by atoms with Crippen LogP contribution in [-0.2, 0) is 12.8 Å². The monoisotopic (exact) mass is 297 g/mol. The summed E-state index contributed by atoms with van der Waals surface area (Å²) in [5.74, 6) is 1.76. The lowest BCUT2D eigenvalue weighted by atomic mass is 10.1. The van der Waals surface area contributed by atoms with Gasteiger partial charge in [-0.3, -0.25) is 0 Å². The number of benzene rings is 2. The fraction of sp³-hybridized carbons (Fsp3) is 0.368. The van der Waals surface area contributed by atoms with Gasteiger partial charge in [0, 0.05) is 6.07 Å². The molecular weight excluding hydrogens is 274 g/mol. The number of nitrogens with two attached hydrogens (primary N) is 1. The Bertz CT molecular complexity index is 639. The number of fused-ring (bicyclic) bond motifs is 1. The Morgan fingerprint density at radius 2 is 2.05 bits per heavy atom. The average Bonchev–Trinajstić information content (AvgIpc) is 2.97. The number of methoxy groups -OCH3 is 1. The van der Waals surface area contributed by atoms with E-state index in [1.165, 1.54) is 16.7 Å². The first-order valence-corrected chi connectivity index (χ1v) is 7.93. The first-order chi connectivity index (χ1) is 10.8. The van der Waals surface area contributed by atoms with E-state index < -0.39 is 0 Å². The van der Waals surface area contributed by atoms with E-state index in [0.717, 1.165) is 37.2 Å². The van der Waals surface area contributed by atoms with Crippen molar-refractivity contribution in [2.45, 2.75) is 31.8 Å². The summed E-state index contributed by atoms with van der Waals surface area (Å²) in [6.07, 6.45) is 4.16. The van der Waals surface area contributed by atoms with Crippen LogP contribution in [0.15, 0.2) is 42.5 Å². The molecule has 2 aromatic carbocycles. The second kappa shape index (κ2) is 6.84. The molecule has 0 saturated heterocycles. The van der Waals surface area contributed by atoms with Gasteiger partial charge >= 0.3 is 0 Å². The second-order valence-electron chi connectivity index (χ2n) is 5.71. The van der Waals surface area contributed by atoms with E-state index in [1.54, 1.807) is 7.11 Å². The summed E-state index contributed by atoms with van der Waals surface area (Å²) in [5.41, 5.74) is 9.56. The van der Waals surface area contributed by atoms with Gasteiger partial charge in [0.05, 0.1) is 7.11 Å². The van der Waals surface area contributed by atoms with Gasteiger partial charge in [0.25, 0.3) is 0 Å². The highest BCUT2D eigenvalue weighted by molar-refractivity contribution is 5.42. The maximum atomic E-state index is 6.35. The fourth-order valence-corrected chi connectivity index (χ4v) is 3.06. The zero-order valence-electron chi connectivity index (χ0n) is 13.0. The van der Waals surface area contributed by atoms with Gasteiger partial charge in [-0.05, 0) is 55.0 Å². The van der Waals surface area contributed by atoms with E-state index >= 15 is 0 Å². The minimum Gasteiger partial charge on any atom is -0.497 e. The van der Waals surface area contributed by atoms with Gasteiger partial charge in [0.15, 0.2) is 0 Å². The van der Waals surface area contributed by atoms with E-state index in [2.05, 4.69) is 30.3 Å². The summed E-state index contributed by atoms with van der Waals surface area (Å²) < 4.78 is 11.7. The molecule has 0 radical (unpaired) electrons. The van der Waals surface area contributed by atoms with E-state index in [1.807, 2.05) is 12.1 Å². The minimum atomic E-state index is 0.139. The van der Waals surface area contributed by atoms with E-state index in [9.17, 15) is 0 Å². The van der Waals surface area contributed by atoms with Crippen LogP contribution >= 0.6 is 0 Å². The number of rotatable bonds is 6. The molecule has 0 bridgehead atoms. The highest BCUT2D eigenvalue weighted by Gasteiger charge is 2.24. The van der Waals surface area contributed by atoms with Crippen molar-refractivity contribution in [1.29, 1.82) is 0 Å². The van der Waals surface area contributed by atoms with Crippen LogP contribution in [-0.4, -0.2) is 13.7 Å². The third-order valence-corrected chi connectivity index (χ3v) is 4.27. The molecule has 2 N–H and O–H groups in total. The van der Waals surface area contributed by atoms with Crippen LogP contribution in [0.3, 0.4) is 0 Å². The predicted molar refractivity (Wildman–Crippen MR) is 88.5 cm³/mol. The lowest BCUT2D eigenvalue weighted by Crippen LogP contribution is -2.07. The third kappa shape index (κ3) is 3.09. The highest BCUT2D eigenvalue weighted by Crippen LogP contribution is 2.37. The van der Waals surface area contributed by atoms with E-state index in [4.69, 9.17) is 15.2 Å². The van der Waals surface area contributed by atoms with Crippen LogP contribution in [0.25, 0.3) is 0 Å². The van der Waals surface area contributed by atoms with Gasteiger partial charge in [-0.2, -0.15) is 0 Å². The standard InChI is InChI=1S/C19H23NO2/c1-21-16-10-8-15(6-4-12-20)19(13-16)22-18-11-9-14-5-2-3-7-17(14)18/h2-3,5,7-8,10,13,18H,4,6,9,11-12,20H2,1H3. The molecule has 0 spiro atoms. The Labute approximate surface area is 132 Å². The van der Waals surface area contributed by atoms with E-state index in [0.29, 0.717) is 6.54 Å². The summed E-state index contributed by atoms with van der Waals surface area (Å²) in [5, 5.41) is 0. The van der Waals surface area contributed by atoms with Crippen LogP contribution in [0.2, 0.25) is 0 Å². The topological polar surface area (TPSA) is 44.5 Å². The molecule has 1 aliphatic rings. The smallest absolute Gasteiger partial charge is 0.127 e. The van der Waals surface area contributed by atoms with Crippen LogP contribution in [0.4, 0.5) is 0 Å². The van der Waals surface area contributed by atoms with Crippen molar-refractivity contribution in [3.8, 4) is 11.5 Å². The molecule has 0 heterocycles. The first-order valence-electron chi connectivity index (χ1n) is 7.93. The molecule has 1 atom stereocenters. The second-order valence-corrected chi connectivity index (χ2v) is 5.71. The lowest BCUT2D eigenvalue weighted by molar-refractivity contribution is 0.204. The normalized spacial score (nSPS) is 16.4. The Hall–Kier alpha value is -2.00. The molecule has 22 heavy (non-hydrogen) atoms. The largest absolute Gasteiger partial charge is 0.497 e. The molecule has 3 rings (SSSR count). The summed E-state index contributed by atoms with van der Waals surface area (Å²) in [6.45, 7) is 0.692. The molecule has 0 amide bonds. The zero-order chi connectivity index (χ0) is 15.4. The number of hydrogen-bond donors (Lipinski definition) is 1. The Morgan fingerprint density at radius 1 is 1.18 bits per heavy atom. The zero-order valence-corrected chi connectivity index (χ0v) is 13.0. The van der Waals surface area contributed by atoms with E-state index in [-0.39, 0.29) is 6.10 Å². The van der Waals surface area contributed by atoms with Gasteiger partial charge in [-0.25, -0.2) is 0 Å². The lowest BCUT2D eigenvalue weighted by Gasteiger charge is -2.18. The van der Waals surface area contributed by atoms with Gasteiger partial charge in [-0.1, -0.05) is 30.3 Å². The average molecular weight is 297 g/mol. The van der Waals surface area contributed by atoms with Crippen molar-refractivity contribution in [3.63, 3.8) is 0 Å². The fourth-order valence-electron chi connectivity index (χ4n) is 3.06. The quantitative estimate of drug-likeness (QED) is 0.885. The molecule has 0 aliphatic heterocycles.